The number of hydrogen-bond donors (Lipinski definition) is 2. The first kappa shape index (κ1) is 63.6. The quantitative estimate of drug-likeness (QED) is 0.0219. The normalized spacial score (nSPS) is 11.3. The molecule has 2 N–H and O–H groups in total. The number of aliphatic hydroxyl groups is 1. The molecule has 11 heteroatoms. The summed E-state index contributed by atoms with van der Waals surface area (Å²) in [6.07, 6.45) is 13.9. The number of carbonyl (C=O) groups is 3. The van der Waals surface area contributed by atoms with Crippen molar-refractivity contribution in [1.82, 2.24) is 9.97 Å². The maximum atomic E-state index is 12.8. The van der Waals surface area contributed by atoms with E-state index >= 15 is 0 Å². The van der Waals surface area contributed by atoms with Gasteiger partial charge < -0.3 is 29.2 Å². The van der Waals surface area contributed by atoms with Crippen LogP contribution >= 0.6 is 0 Å². The van der Waals surface area contributed by atoms with Crippen LogP contribution in [0.1, 0.15) is 138 Å². The molecular formula is C75H84N2O9. The van der Waals surface area contributed by atoms with Gasteiger partial charge in [-0.05, 0) is 166 Å². The number of ether oxygens (including phenoxy) is 4. The molecule has 2 heterocycles. The van der Waals surface area contributed by atoms with Crippen molar-refractivity contribution in [3.63, 3.8) is 0 Å². The molecule has 8 aromatic rings. The van der Waals surface area contributed by atoms with E-state index in [0.29, 0.717) is 57.1 Å². The monoisotopic (exact) mass is 1160 g/mol. The van der Waals surface area contributed by atoms with E-state index in [9.17, 15) is 24.6 Å². The number of carboxylic acids is 1. The van der Waals surface area contributed by atoms with Crippen molar-refractivity contribution < 1.29 is 43.5 Å². The Morgan fingerprint density at radius 2 is 0.895 bits per heavy atom. The van der Waals surface area contributed by atoms with Gasteiger partial charge >= 0.3 is 17.9 Å². The molecule has 0 unspecified atom stereocenters. The fourth-order valence-electron chi connectivity index (χ4n) is 10.6. The molecule has 0 saturated carbocycles. The van der Waals surface area contributed by atoms with Crippen LogP contribution in [0.15, 0.2) is 182 Å². The Morgan fingerprint density at radius 1 is 0.407 bits per heavy atom. The van der Waals surface area contributed by atoms with Gasteiger partial charge in [-0.15, -0.1) is 0 Å². The van der Waals surface area contributed by atoms with E-state index in [2.05, 4.69) is 84.9 Å². The lowest BCUT2D eigenvalue weighted by atomic mass is 9.93. The summed E-state index contributed by atoms with van der Waals surface area (Å²) in [5, 5.41) is 20.2. The summed E-state index contributed by atoms with van der Waals surface area (Å²) in [6.45, 7) is 5.05. The van der Waals surface area contributed by atoms with Crippen molar-refractivity contribution in [2.24, 2.45) is 0 Å². The Kier molecular flexibility index (Phi) is 25.1. The number of hydrogen-bond acceptors (Lipinski definition) is 10. The molecule has 86 heavy (non-hydrogen) atoms. The molecule has 0 saturated heterocycles. The predicted molar refractivity (Wildman–Crippen MR) is 342 cm³/mol. The van der Waals surface area contributed by atoms with Gasteiger partial charge in [-0.2, -0.15) is 0 Å². The summed E-state index contributed by atoms with van der Waals surface area (Å²) in [6, 6.07) is 61.6. The second-order valence-corrected chi connectivity index (χ2v) is 22.9. The SMILES string of the molecule is CC(C)(O)CCc1c(CCCCCCOc2cc(-c3ccccc3)cc(-c3ccccc3)n2)cccc1OCCCC(=O)OC(=O)CCCCc1ccc(CCCCCCOc2cc(-c3ccccc3)cc(-c3ccccc3)n2)c(CCC(=O)O)c1. The van der Waals surface area contributed by atoms with E-state index in [1.807, 2.05) is 111 Å². The average molecular weight is 1160 g/mol. The molecule has 0 aliphatic heterocycles. The summed E-state index contributed by atoms with van der Waals surface area (Å²) in [5.74, 6) is 0.0493. The lowest BCUT2D eigenvalue weighted by Crippen LogP contribution is -2.20. The van der Waals surface area contributed by atoms with Crippen LogP contribution in [-0.4, -0.2) is 63.5 Å². The summed E-state index contributed by atoms with van der Waals surface area (Å²) >= 11 is 0. The maximum Gasteiger partial charge on any atom is 0.313 e. The Labute approximate surface area is 508 Å². The van der Waals surface area contributed by atoms with Gasteiger partial charge in [0.05, 0.1) is 36.8 Å². The van der Waals surface area contributed by atoms with Gasteiger partial charge in [0.15, 0.2) is 0 Å². The minimum absolute atomic E-state index is 0.0508. The van der Waals surface area contributed by atoms with E-state index in [-0.39, 0.29) is 25.9 Å². The van der Waals surface area contributed by atoms with Gasteiger partial charge in [0.1, 0.15) is 5.75 Å². The van der Waals surface area contributed by atoms with E-state index in [1.165, 1.54) is 11.1 Å². The molecule has 0 fully saturated rings. The molecule has 0 bridgehead atoms. The number of aryl methyl sites for hydroxylation is 4. The minimum atomic E-state index is -0.845. The molecule has 11 nitrogen and oxygen atoms in total. The number of nitrogens with zero attached hydrogens (tertiary/aromatic N) is 2. The van der Waals surface area contributed by atoms with Crippen LogP contribution in [-0.2, 0) is 51.2 Å². The zero-order valence-electron chi connectivity index (χ0n) is 50.2. The van der Waals surface area contributed by atoms with Crippen molar-refractivity contribution in [2.45, 2.75) is 148 Å². The third kappa shape index (κ3) is 21.6. The van der Waals surface area contributed by atoms with Gasteiger partial charge in [-0.3, -0.25) is 14.4 Å². The molecule has 0 aliphatic carbocycles. The fraction of sp³-hybridized carbons (Fsp3) is 0.347. The maximum absolute atomic E-state index is 12.8. The number of esters is 2. The number of carboxylic acid groups (broad SMARTS) is 1. The van der Waals surface area contributed by atoms with Crippen molar-refractivity contribution in [3.8, 4) is 62.3 Å². The van der Waals surface area contributed by atoms with E-state index in [4.69, 9.17) is 28.9 Å². The molecule has 6 aromatic carbocycles. The minimum Gasteiger partial charge on any atom is -0.493 e. The van der Waals surface area contributed by atoms with Crippen LogP contribution < -0.4 is 14.2 Å². The van der Waals surface area contributed by atoms with E-state index in [1.54, 1.807) is 0 Å². The highest BCUT2D eigenvalue weighted by Crippen LogP contribution is 2.32. The molecule has 0 spiro atoms. The van der Waals surface area contributed by atoms with Gasteiger partial charge in [-0.25, -0.2) is 9.97 Å². The molecule has 0 radical (unpaired) electrons. The third-order valence-electron chi connectivity index (χ3n) is 15.3. The lowest BCUT2D eigenvalue weighted by Gasteiger charge is -2.20. The van der Waals surface area contributed by atoms with Crippen molar-refractivity contribution in [2.75, 3.05) is 19.8 Å². The first-order valence-electron chi connectivity index (χ1n) is 31.0. The van der Waals surface area contributed by atoms with E-state index in [0.717, 1.165) is 144 Å². The van der Waals surface area contributed by atoms with Gasteiger partial charge in [0, 0.05) is 42.5 Å². The number of aliphatic carboxylic acids is 1. The average Bonchev–Trinajstić information content (AvgIpc) is 2.50. The molecule has 448 valence electrons. The molecule has 2 aromatic heterocycles. The number of carbonyl (C=O) groups excluding carboxylic acids is 2. The first-order chi connectivity index (χ1) is 41.9. The molecule has 0 amide bonds. The zero-order valence-corrected chi connectivity index (χ0v) is 50.2. The van der Waals surface area contributed by atoms with Crippen molar-refractivity contribution in [1.29, 1.82) is 0 Å². The van der Waals surface area contributed by atoms with Gasteiger partial charge in [0.2, 0.25) is 11.8 Å². The Hall–Kier alpha value is -8.41. The van der Waals surface area contributed by atoms with Crippen LogP contribution in [0.25, 0.3) is 44.8 Å². The number of unbranched alkanes of at least 4 members (excludes halogenated alkanes) is 7. The fourth-order valence-corrected chi connectivity index (χ4v) is 10.6. The van der Waals surface area contributed by atoms with Crippen LogP contribution in [0.3, 0.4) is 0 Å². The van der Waals surface area contributed by atoms with Crippen LogP contribution in [0.4, 0.5) is 0 Å². The Balaban J connectivity index is 0.716. The topological polar surface area (TPSA) is 154 Å². The smallest absolute Gasteiger partial charge is 0.313 e. The van der Waals surface area contributed by atoms with Crippen LogP contribution in [0.2, 0.25) is 0 Å². The summed E-state index contributed by atoms with van der Waals surface area (Å²) < 4.78 is 23.9. The highest BCUT2D eigenvalue weighted by atomic mass is 16.6. The third-order valence-corrected chi connectivity index (χ3v) is 15.3. The number of rotatable bonds is 36. The van der Waals surface area contributed by atoms with Gasteiger partial charge in [-0.1, -0.05) is 177 Å². The largest absolute Gasteiger partial charge is 0.493 e. The molecule has 0 atom stereocenters. The van der Waals surface area contributed by atoms with Crippen LogP contribution in [0.5, 0.6) is 17.5 Å². The Morgan fingerprint density at radius 3 is 1.43 bits per heavy atom. The summed E-state index contributed by atoms with van der Waals surface area (Å²) in [7, 11) is 0. The number of pyridine rings is 2. The summed E-state index contributed by atoms with van der Waals surface area (Å²) in [5.41, 5.74) is 12.9. The highest BCUT2D eigenvalue weighted by molar-refractivity contribution is 5.85. The standard InChI is InChI=1S/C75H84N2O9/c1-75(2,82)47-46-66-60(33-12-4-6-24-49-85-71-55-65(58-30-15-8-16-31-58)53-68(77-71)62-36-19-10-20-37-62)38-25-39-69(66)83-50-26-41-74(81)86-73(80)40-22-21-27-56-42-43-59(63(51-56)44-45-72(78)79)32-11-3-5-23-48-84-70-54-64(57-28-13-7-14-29-57)52-67(76-70)61-34-17-9-18-35-61/h7-10,13-20,25,28-31,34-39,42-43,51-55,82H,3-6,11-12,21-24,26-27,32-33,40-41,44-50H2,1-2H3,(H,78,79). The predicted octanol–water partition coefficient (Wildman–Crippen LogP) is 16.9. The zero-order chi connectivity index (χ0) is 60.2. The number of aromatic nitrogens is 2. The molecule has 0 aliphatic rings. The first-order valence-corrected chi connectivity index (χ1v) is 31.0. The number of benzene rings is 6. The Bertz CT molecular complexity index is 3250. The highest BCUT2D eigenvalue weighted by Gasteiger charge is 2.19. The molecular weight excluding hydrogens is 1070 g/mol. The van der Waals surface area contributed by atoms with Crippen LogP contribution in [0, 0.1) is 0 Å². The van der Waals surface area contributed by atoms with Crippen molar-refractivity contribution in [3.05, 3.63) is 210 Å². The summed E-state index contributed by atoms with van der Waals surface area (Å²) in [4.78, 5) is 46.8. The van der Waals surface area contributed by atoms with Gasteiger partial charge in [0.25, 0.3) is 0 Å². The van der Waals surface area contributed by atoms with E-state index < -0.39 is 23.5 Å². The molecule has 8 rings (SSSR count). The second kappa shape index (κ2) is 33.9. The van der Waals surface area contributed by atoms with Crippen molar-refractivity contribution >= 4 is 17.9 Å². The second-order valence-electron chi connectivity index (χ2n) is 22.9. The lowest BCUT2D eigenvalue weighted by molar-refractivity contribution is -0.159.